The lowest BCUT2D eigenvalue weighted by Crippen LogP contribution is -2.40. The largest absolute Gasteiger partial charge is 0.339 e. The van der Waals surface area contributed by atoms with E-state index in [4.69, 9.17) is 5.73 Å². The van der Waals surface area contributed by atoms with Gasteiger partial charge in [-0.1, -0.05) is 6.07 Å². The molecule has 0 atom stereocenters. The summed E-state index contributed by atoms with van der Waals surface area (Å²) in [7, 11) is 0. The Labute approximate surface area is 126 Å². The van der Waals surface area contributed by atoms with Crippen LogP contribution in [0.5, 0.6) is 0 Å². The average molecular weight is 352 g/mol. The molecule has 1 heterocycles. The number of benzene rings is 1. The Hall–Kier alpha value is -0.650. The molecule has 0 aliphatic carbocycles. The highest BCUT2D eigenvalue weighted by molar-refractivity contribution is 9.10. The monoisotopic (exact) mass is 350 g/mol. The number of amides is 1. The van der Waals surface area contributed by atoms with E-state index < -0.39 is 5.82 Å². The van der Waals surface area contributed by atoms with Crippen molar-refractivity contribution in [3.63, 3.8) is 0 Å². The predicted octanol–water partition coefficient (Wildman–Crippen LogP) is 2.82. The van der Waals surface area contributed by atoms with Gasteiger partial charge in [-0.25, -0.2) is 4.39 Å². The Bertz CT molecular complexity index is 430. The number of likely N-dealkylation sites (tertiary alicyclic amines) is 1. The molecule has 1 aliphatic rings. The quantitative estimate of drug-likeness (QED) is 0.890. The second-order valence-corrected chi connectivity index (χ2v) is 5.42. The first kappa shape index (κ1) is 16.4. The fourth-order valence-electron chi connectivity index (χ4n) is 2.23. The molecule has 1 aromatic carbocycles. The molecule has 1 amide bonds. The van der Waals surface area contributed by atoms with E-state index in [1.54, 1.807) is 17.0 Å². The van der Waals surface area contributed by atoms with Gasteiger partial charge in [0, 0.05) is 17.6 Å². The second kappa shape index (κ2) is 7.22. The van der Waals surface area contributed by atoms with Crippen LogP contribution in [0.25, 0.3) is 0 Å². The lowest BCUT2D eigenvalue weighted by Gasteiger charge is -2.31. The molecule has 6 heteroatoms. The highest BCUT2D eigenvalue weighted by Gasteiger charge is 2.25. The summed E-state index contributed by atoms with van der Waals surface area (Å²) in [5.74, 6) is -0.233. The SMILES string of the molecule is Cl.NCC1CCN(C(=O)c2c(F)cccc2Br)CC1. The van der Waals surface area contributed by atoms with Crippen molar-refractivity contribution in [2.45, 2.75) is 12.8 Å². The lowest BCUT2D eigenvalue weighted by molar-refractivity contribution is 0.0687. The van der Waals surface area contributed by atoms with Crippen molar-refractivity contribution in [3.8, 4) is 0 Å². The van der Waals surface area contributed by atoms with Crippen molar-refractivity contribution in [1.29, 1.82) is 0 Å². The highest BCUT2D eigenvalue weighted by atomic mass is 79.9. The van der Waals surface area contributed by atoms with Crippen molar-refractivity contribution >= 4 is 34.2 Å². The number of nitrogens with two attached hydrogens (primary N) is 1. The highest BCUT2D eigenvalue weighted by Crippen LogP contribution is 2.24. The molecule has 0 bridgehead atoms. The Morgan fingerprint density at radius 2 is 2.05 bits per heavy atom. The number of halogens is 3. The number of hydrogen-bond donors (Lipinski definition) is 1. The van der Waals surface area contributed by atoms with Crippen LogP contribution in [0.2, 0.25) is 0 Å². The summed E-state index contributed by atoms with van der Waals surface area (Å²) < 4.78 is 14.2. The summed E-state index contributed by atoms with van der Waals surface area (Å²) in [4.78, 5) is 14.0. The summed E-state index contributed by atoms with van der Waals surface area (Å²) in [5.41, 5.74) is 5.74. The van der Waals surface area contributed by atoms with Crippen LogP contribution in [-0.2, 0) is 0 Å². The second-order valence-electron chi connectivity index (χ2n) is 4.57. The minimum atomic E-state index is -0.477. The van der Waals surface area contributed by atoms with Crippen molar-refractivity contribution < 1.29 is 9.18 Å². The first-order valence-electron chi connectivity index (χ1n) is 6.07. The molecule has 0 unspecified atom stereocenters. The third-order valence-electron chi connectivity index (χ3n) is 3.41. The molecule has 106 valence electrons. The number of carbonyl (C=O) groups is 1. The van der Waals surface area contributed by atoms with Crippen molar-refractivity contribution in [2.75, 3.05) is 19.6 Å². The van der Waals surface area contributed by atoms with Crippen LogP contribution in [0.1, 0.15) is 23.2 Å². The molecule has 3 nitrogen and oxygen atoms in total. The fraction of sp³-hybridized carbons (Fsp3) is 0.462. The van der Waals surface area contributed by atoms with Gasteiger partial charge in [0.1, 0.15) is 5.82 Å². The van der Waals surface area contributed by atoms with Crippen LogP contribution in [0, 0.1) is 11.7 Å². The number of carbonyl (C=O) groups excluding carboxylic acids is 1. The predicted molar refractivity (Wildman–Crippen MR) is 79.0 cm³/mol. The molecule has 2 rings (SSSR count). The van der Waals surface area contributed by atoms with Crippen LogP contribution in [0.4, 0.5) is 4.39 Å². The van der Waals surface area contributed by atoms with Crippen molar-refractivity contribution in [1.82, 2.24) is 4.90 Å². The van der Waals surface area contributed by atoms with E-state index in [1.807, 2.05) is 0 Å². The Balaban J connectivity index is 0.00000180. The number of rotatable bonds is 2. The molecular weight excluding hydrogens is 335 g/mol. The van der Waals surface area contributed by atoms with Gasteiger partial charge in [0.25, 0.3) is 5.91 Å². The minimum absolute atomic E-state index is 0. The molecule has 1 aromatic rings. The Morgan fingerprint density at radius 1 is 1.42 bits per heavy atom. The van der Waals surface area contributed by atoms with Crippen LogP contribution in [0.3, 0.4) is 0 Å². The van der Waals surface area contributed by atoms with E-state index in [1.165, 1.54) is 6.07 Å². The van der Waals surface area contributed by atoms with E-state index in [9.17, 15) is 9.18 Å². The molecule has 0 saturated carbocycles. The third kappa shape index (κ3) is 3.68. The summed E-state index contributed by atoms with van der Waals surface area (Å²) in [6.07, 6.45) is 1.79. The van der Waals surface area contributed by atoms with Crippen LogP contribution in [-0.4, -0.2) is 30.4 Å². The van der Waals surface area contributed by atoms with E-state index in [2.05, 4.69) is 15.9 Å². The zero-order valence-corrected chi connectivity index (χ0v) is 12.8. The van der Waals surface area contributed by atoms with E-state index in [-0.39, 0.29) is 23.9 Å². The molecule has 19 heavy (non-hydrogen) atoms. The summed E-state index contributed by atoms with van der Waals surface area (Å²) in [5, 5.41) is 0. The minimum Gasteiger partial charge on any atom is -0.339 e. The molecule has 0 radical (unpaired) electrons. The van der Waals surface area contributed by atoms with Gasteiger partial charge in [0.05, 0.1) is 5.56 Å². The normalized spacial score (nSPS) is 16.1. The zero-order chi connectivity index (χ0) is 13.1. The topological polar surface area (TPSA) is 46.3 Å². The number of hydrogen-bond acceptors (Lipinski definition) is 2. The van der Waals surface area contributed by atoms with Gasteiger partial charge in [0.15, 0.2) is 0 Å². The Morgan fingerprint density at radius 3 is 2.58 bits per heavy atom. The molecule has 1 fully saturated rings. The van der Waals surface area contributed by atoms with Crippen LogP contribution < -0.4 is 5.73 Å². The van der Waals surface area contributed by atoms with E-state index >= 15 is 0 Å². The summed E-state index contributed by atoms with van der Waals surface area (Å²) in [6, 6.07) is 4.57. The summed E-state index contributed by atoms with van der Waals surface area (Å²) in [6.45, 7) is 1.97. The van der Waals surface area contributed by atoms with E-state index in [0.29, 0.717) is 30.0 Å². The number of piperidine rings is 1. The molecule has 1 saturated heterocycles. The van der Waals surface area contributed by atoms with Crippen molar-refractivity contribution in [2.24, 2.45) is 11.7 Å². The zero-order valence-electron chi connectivity index (χ0n) is 10.4. The fourth-order valence-corrected chi connectivity index (χ4v) is 2.74. The van der Waals surface area contributed by atoms with Gasteiger partial charge < -0.3 is 10.6 Å². The van der Waals surface area contributed by atoms with Crippen LogP contribution >= 0.6 is 28.3 Å². The van der Waals surface area contributed by atoms with Crippen LogP contribution in [0.15, 0.2) is 22.7 Å². The lowest BCUT2D eigenvalue weighted by atomic mass is 9.96. The maximum atomic E-state index is 13.7. The van der Waals surface area contributed by atoms with Gasteiger partial charge in [0.2, 0.25) is 0 Å². The molecule has 2 N–H and O–H groups in total. The average Bonchev–Trinajstić information content (AvgIpc) is 2.38. The third-order valence-corrected chi connectivity index (χ3v) is 4.07. The molecule has 0 spiro atoms. The first-order chi connectivity index (χ1) is 8.63. The standard InChI is InChI=1S/C13H16BrFN2O.ClH/c14-10-2-1-3-11(15)12(10)13(18)17-6-4-9(8-16)5-7-17;/h1-3,9H,4-8,16H2;1H. The van der Waals surface area contributed by atoms with Gasteiger partial charge >= 0.3 is 0 Å². The smallest absolute Gasteiger partial charge is 0.257 e. The number of nitrogens with zero attached hydrogens (tertiary/aromatic N) is 1. The van der Waals surface area contributed by atoms with Gasteiger partial charge in [-0.3, -0.25) is 4.79 Å². The van der Waals surface area contributed by atoms with E-state index in [0.717, 1.165) is 12.8 Å². The van der Waals surface area contributed by atoms with Gasteiger partial charge in [-0.2, -0.15) is 0 Å². The van der Waals surface area contributed by atoms with Gasteiger partial charge in [-0.15, -0.1) is 12.4 Å². The summed E-state index contributed by atoms with van der Waals surface area (Å²) >= 11 is 3.23. The maximum Gasteiger partial charge on any atom is 0.257 e. The molecule has 0 aromatic heterocycles. The maximum absolute atomic E-state index is 13.7. The molecule has 1 aliphatic heterocycles. The van der Waals surface area contributed by atoms with Gasteiger partial charge in [-0.05, 0) is 53.4 Å². The molecular formula is C13H17BrClFN2O. The van der Waals surface area contributed by atoms with Crippen molar-refractivity contribution in [3.05, 3.63) is 34.1 Å². The first-order valence-corrected chi connectivity index (χ1v) is 6.86. The Kier molecular flexibility index (Phi) is 6.23.